The van der Waals surface area contributed by atoms with Crippen LogP contribution in [0.15, 0.2) is 62.9 Å². The number of anilines is 1. The first-order valence-electron chi connectivity index (χ1n) is 11.5. The Morgan fingerprint density at radius 1 is 1.17 bits per heavy atom. The van der Waals surface area contributed by atoms with E-state index in [-0.39, 0.29) is 18.2 Å². The fourth-order valence-electron chi connectivity index (χ4n) is 4.78. The highest BCUT2D eigenvalue weighted by Crippen LogP contribution is 2.27. The molecule has 0 saturated heterocycles. The molecule has 4 aromatic rings. The normalized spacial score (nSPS) is 16.5. The van der Waals surface area contributed by atoms with Gasteiger partial charge in [0.1, 0.15) is 23.9 Å². The van der Waals surface area contributed by atoms with E-state index >= 15 is 0 Å². The topological polar surface area (TPSA) is 102 Å². The fraction of sp³-hybridized carbons (Fsp3) is 0.292. The van der Waals surface area contributed by atoms with Crippen LogP contribution < -0.4 is 16.5 Å². The van der Waals surface area contributed by atoms with E-state index in [0.29, 0.717) is 41.9 Å². The van der Waals surface area contributed by atoms with E-state index in [1.807, 2.05) is 18.2 Å². The molecule has 0 bridgehead atoms. The smallest absolute Gasteiger partial charge is 0.345 e. The van der Waals surface area contributed by atoms with E-state index in [1.54, 1.807) is 28.5 Å². The number of hydrogen-bond acceptors (Lipinski definition) is 7. The lowest BCUT2D eigenvalue weighted by atomic mass is 9.99. The molecule has 2 N–H and O–H groups in total. The number of hydrazine groups is 1. The third-order valence-corrected chi connectivity index (χ3v) is 6.65. The molecule has 0 aliphatic carbocycles. The Bertz CT molecular complexity index is 1510. The van der Waals surface area contributed by atoms with Crippen molar-refractivity contribution in [3.8, 4) is 0 Å². The van der Waals surface area contributed by atoms with Crippen LogP contribution in [0.25, 0.3) is 11.4 Å². The summed E-state index contributed by atoms with van der Waals surface area (Å²) in [5.41, 5.74) is 3.35. The van der Waals surface area contributed by atoms with Crippen molar-refractivity contribution < 1.29 is 8.81 Å². The van der Waals surface area contributed by atoms with Crippen molar-refractivity contribution >= 4 is 22.9 Å². The van der Waals surface area contributed by atoms with Crippen molar-refractivity contribution in [2.75, 3.05) is 31.3 Å². The molecule has 10 nitrogen and oxygen atoms in total. The van der Waals surface area contributed by atoms with Gasteiger partial charge in [-0.25, -0.2) is 24.2 Å². The third-order valence-electron chi connectivity index (χ3n) is 6.65. The number of nitrogens with zero attached hydrogens (tertiary/aromatic N) is 7. The minimum atomic E-state index is -0.229. The van der Waals surface area contributed by atoms with Gasteiger partial charge in [0, 0.05) is 33.2 Å². The summed E-state index contributed by atoms with van der Waals surface area (Å²) < 4.78 is 23.8. The Balaban J connectivity index is 1.27. The second kappa shape index (κ2) is 8.36. The van der Waals surface area contributed by atoms with Gasteiger partial charge in [0.15, 0.2) is 11.6 Å². The van der Waals surface area contributed by atoms with E-state index in [2.05, 4.69) is 16.0 Å². The molecule has 0 unspecified atom stereocenters. The number of aliphatic imine (C=N–C) groups is 1. The van der Waals surface area contributed by atoms with Crippen LogP contribution in [-0.2, 0) is 13.6 Å². The van der Waals surface area contributed by atoms with Crippen LogP contribution in [0, 0.1) is 5.82 Å². The maximum Gasteiger partial charge on any atom is 0.345 e. The summed E-state index contributed by atoms with van der Waals surface area (Å²) in [5.74, 6) is 7.60. The number of aromatic nitrogens is 4. The molecule has 0 spiro atoms. The van der Waals surface area contributed by atoms with Crippen LogP contribution in [0.3, 0.4) is 0 Å². The summed E-state index contributed by atoms with van der Waals surface area (Å²) >= 11 is 0. The second-order valence-corrected chi connectivity index (χ2v) is 8.74. The van der Waals surface area contributed by atoms with Crippen LogP contribution in [0.5, 0.6) is 0 Å². The highest BCUT2D eigenvalue weighted by atomic mass is 19.1. The van der Waals surface area contributed by atoms with Gasteiger partial charge in [-0.2, -0.15) is 4.98 Å². The molecule has 0 amide bonds. The quantitative estimate of drug-likeness (QED) is 0.441. The van der Waals surface area contributed by atoms with E-state index in [9.17, 15) is 9.18 Å². The van der Waals surface area contributed by atoms with Crippen LogP contribution in [0.2, 0.25) is 0 Å². The third kappa shape index (κ3) is 3.60. The van der Waals surface area contributed by atoms with E-state index in [0.717, 1.165) is 25.1 Å². The molecule has 35 heavy (non-hydrogen) atoms. The molecular weight excluding hydrogens is 451 g/mol. The lowest BCUT2D eigenvalue weighted by Gasteiger charge is -2.26. The van der Waals surface area contributed by atoms with Crippen LogP contribution in [0.4, 0.5) is 10.2 Å². The molecule has 1 aromatic carbocycles. The van der Waals surface area contributed by atoms with Crippen molar-refractivity contribution in [3.05, 3.63) is 82.1 Å². The van der Waals surface area contributed by atoms with Gasteiger partial charge >= 0.3 is 5.69 Å². The molecule has 2 aliphatic rings. The lowest BCUT2D eigenvalue weighted by molar-refractivity contribution is 0.288. The molecule has 6 rings (SSSR count). The van der Waals surface area contributed by atoms with Crippen molar-refractivity contribution in [2.24, 2.45) is 17.9 Å². The molecule has 5 heterocycles. The second-order valence-electron chi connectivity index (χ2n) is 8.74. The number of aryl methyl sites for hydroxylation is 1. The average molecular weight is 477 g/mol. The van der Waals surface area contributed by atoms with Crippen molar-refractivity contribution in [1.29, 1.82) is 0 Å². The molecule has 2 aliphatic heterocycles. The summed E-state index contributed by atoms with van der Waals surface area (Å²) in [6.45, 7) is 3.04. The van der Waals surface area contributed by atoms with Crippen LogP contribution >= 0.6 is 0 Å². The number of imidazole rings is 1. The van der Waals surface area contributed by atoms with Crippen LogP contribution in [0.1, 0.15) is 23.4 Å². The SMILES string of the molecule is Cn1c(=O)n(CCN2CC=C(c3ccc(F)cc3)CC2)c2nc3c(n21)C(c1ccco1)=NCN3N. The minimum Gasteiger partial charge on any atom is -0.463 e. The maximum absolute atomic E-state index is 13.2. The molecule has 3 aromatic heterocycles. The molecule has 0 fully saturated rings. The summed E-state index contributed by atoms with van der Waals surface area (Å²) in [5, 5.41) is 1.47. The number of nitrogens with two attached hydrogens (primary N) is 1. The van der Waals surface area contributed by atoms with Gasteiger partial charge in [-0.1, -0.05) is 18.2 Å². The zero-order valence-electron chi connectivity index (χ0n) is 19.3. The standard InChI is InChI=1S/C24H25FN8O2/c1-29-24(34)31(13-12-30-10-8-17(9-11-30)16-4-6-18(25)7-5-16)23-28-22-21(33(23)29)20(27-15-32(22)26)19-3-2-14-35-19/h2-8,14H,9-13,15,26H2,1H3. The predicted octanol–water partition coefficient (Wildman–Crippen LogP) is 1.84. The van der Waals surface area contributed by atoms with E-state index in [4.69, 9.17) is 15.2 Å². The van der Waals surface area contributed by atoms with Gasteiger partial charge in [0.25, 0.3) is 0 Å². The maximum atomic E-state index is 13.2. The van der Waals surface area contributed by atoms with E-state index < -0.39 is 0 Å². The van der Waals surface area contributed by atoms with Crippen molar-refractivity contribution in [3.63, 3.8) is 0 Å². The highest BCUT2D eigenvalue weighted by Gasteiger charge is 2.31. The highest BCUT2D eigenvalue weighted by molar-refractivity contribution is 6.14. The first kappa shape index (κ1) is 21.6. The summed E-state index contributed by atoms with van der Waals surface area (Å²) in [7, 11) is 1.71. The van der Waals surface area contributed by atoms with Gasteiger partial charge < -0.3 is 4.42 Å². The summed E-state index contributed by atoms with van der Waals surface area (Å²) in [6, 6.07) is 10.2. The Morgan fingerprint density at radius 2 is 2.00 bits per heavy atom. The van der Waals surface area contributed by atoms with Gasteiger partial charge in [0.05, 0.1) is 6.26 Å². The van der Waals surface area contributed by atoms with Crippen LogP contribution in [-0.4, -0.2) is 55.7 Å². The van der Waals surface area contributed by atoms with Crippen molar-refractivity contribution in [1.82, 2.24) is 23.6 Å². The molecule has 0 radical (unpaired) electrons. The Hall–Kier alpha value is -3.96. The minimum absolute atomic E-state index is 0.164. The summed E-state index contributed by atoms with van der Waals surface area (Å²) in [4.78, 5) is 24.7. The first-order chi connectivity index (χ1) is 17.0. The zero-order chi connectivity index (χ0) is 24.1. The number of rotatable bonds is 5. The lowest BCUT2D eigenvalue weighted by Crippen LogP contribution is -2.37. The van der Waals surface area contributed by atoms with Gasteiger partial charge in [-0.15, -0.1) is 0 Å². The number of benzene rings is 1. The largest absolute Gasteiger partial charge is 0.463 e. The molecule has 180 valence electrons. The molecule has 0 atom stereocenters. The summed E-state index contributed by atoms with van der Waals surface area (Å²) in [6.07, 6.45) is 4.63. The number of furan rings is 1. The van der Waals surface area contributed by atoms with Crippen molar-refractivity contribution in [2.45, 2.75) is 13.0 Å². The average Bonchev–Trinajstić information content (AvgIpc) is 3.58. The van der Waals surface area contributed by atoms with Gasteiger partial charge in [-0.05, 0) is 41.8 Å². The van der Waals surface area contributed by atoms with E-state index in [1.165, 1.54) is 27.4 Å². The number of fused-ring (bicyclic) bond motifs is 3. The fourth-order valence-corrected chi connectivity index (χ4v) is 4.78. The molecular formula is C24H25FN8O2. The first-order valence-corrected chi connectivity index (χ1v) is 11.5. The number of hydrogen-bond donors (Lipinski definition) is 1. The van der Waals surface area contributed by atoms with Gasteiger partial charge in [-0.3, -0.25) is 19.5 Å². The monoisotopic (exact) mass is 476 g/mol. The molecule has 0 saturated carbocycles. The van der Waals surface area contributed by atoms with Gasteiger partial charge in [0.2, 0.25) is 5.78 Å². The Morgan fingerprint density at radius 3 is 2.71 bits per heavy atom. The number of halogens is 1. The Kier molecular flexibility index (Phi) is 5.15. The zero-order valence-corrected chi connectivity index (χ0v) is 19.3. The predicted molar refractivity (Wildman–Crippen MR) is 130 cm³/mol. The Labute approximate surface area is 199 Å². The molecule has 11 heteroatoms.